The Bertz CT molecular complexity index is 1630. The highest BCUT2D eigenvalue weighted by molar-refractivity contribution is 6.47. The van der Waals surface area contributed by atoms with Crippen molar-refractivity contribution in [2.45, 2.75) is 18.9 Å². The molecule has 0 saturated carbocycles. The molecule has 1 aromatic carbocycles. The molecule has 4 aliphatic rings. The molecule has 1 fully saturated rings. The Hall–Kier alpha value is -4.57. The number of nitrogens with one attached hydrogen (secondary N) is 1. The largest absolute Gasteiger partial charge is 0.378 e. The smallest absolute Gasteiger partial charge is 0.261 e. The number of aliphatic imine (C=N–C) groups is 1. The number of hydrogen-bond donors (Lipinski definition) is 1. The summed E-state index contributed by atoms with van der Waals surface area (Å²) in [5.41, 5.74) is 4.49. The lowest BCUT2D eigenvalue weighted by Crippen LogP contribution is -2.50. The van der Waals surface area contributed by atoms with Gasteiger partial charge in [0.1, 0.15) is 11.7 Å². The Balaban J connectivity index is 1.38. The fraction of sp³-hybridized carbons (Fsp3) is 0.250. The number of carbonyl (C=O) groups is 3. The van der Waals surface area contributed by atoms with E-state index < -0.39 is 17.9 Å². The first-order valence-corrected chi connectivity index (χ1v) is 12.6. The standard InChI is InChI=1S/C28H24N6O4/c1-16-17-5-4-6-18-23(29-8-10-34(25(17)18)24(16)28(37)32-11-13-38-14-12-32)22-21(26(35)31-27(22)36)19-15-30-20-7-2-3-9-33(19)20/h2-10,15-16,24H,11-14H2,1H3,(H,31,35,36). The topological polar surface area (TPSA) is 109 Å². The monoisotopic (exact) mass is 508 g/mol. The number of nitrogens with zero attached hydrogens (tertiary/aromatic N) is 5. The summed E-state index contributed by atoms with van der Waals surface area (Å²) < 4.78 is 7.22. The molecule has 2 atom stereocenters. The normalized spacial score (nSPS) is 22.6. The number of imidazole rings is 1. The van der Waals surface area contributed by atoms with Crippen LogP contribution in [-0.2, 0) is 19.1 Å². The second-order valence-electron chi connectivity index (χ2n) is 9.70. The van der Waals surface area contributed by atoms with Crippen LogP contribution in [0.4, 0.5) is 5.69 Å². The zero-order chi connectivity index (χ0) is 26.0. The number of amides is 3. The molecule has 38 heavy (non-hydrogen) atoms. The number of benzene rings is 1. The van der Waals surface area contributed by atoms with Crippen LogP contribution < -0.4 is 10.2 Å². The van der Waals surface area contributed by atoms with Crippen molar-refractivity contribution in [2.75, 3.05) is 31.2 Å². The summed E-state index contributed by atoms with van der Waals surface area (Å²) in [5.74, 6) is -1.06. The van der Waals surface area contributed by atoms with Gasteiger partial charge in [-0.15, -0.1) is 0 Å². The third-order valence-corrected chi connectivity index (χ3v) is 7.69. The van der Waals surface area contributed by atoms with Crippen LogP contribution in [-0.4, -0.2) is 70.1 Å². The van der Waals surface area contributed by atoms with Gasteiger partial charge in [0.15, 0.2) is 0 Å². The zero-order valence-corrected chi connectivity index (χ0v) is 20.6. The number of morpholine rings is 1. The summed E-state index contributed by atoms with van der Waals surface area (Å²) in [6.07, 6.45) is 6.80. The Morgan fingerprint density at radius 2 is 1.87 bits per heavy atom. The molecule has 1 saturated heterocycles. The molecule has 190 valence electrons. The molecule has 7 rings (SSSR count). The van der Waals surface area contributed by atoms with Gasteiger partial charge >= 0.3 is 0 Å². The molecule has 3 aromatic rings. The fourth-order valence-electron chi connectivity index (χ4n) is 5.92. The van der Waals surface area contributed by atoms with E-state index in [1.807, 2.05) is 53.1 Å². The molecule has 6 heterocycles. The van der Waals surface area contributed by atoms with Gasteiger partial charge in [-0.1, -0.05) is 31.2 Å². The SMILES string of the molecule is CC1c2cccc3c2N(C=CN=C3C2=C(c3cnc4ccccn34)C(=O)NC2=O)C1C(=O)N1CCOCC1. The molecule has 0 bridgehead atoms. The summed E-state index contributed by atoms with van der Waals surface area (Å²) in [6.45, 7) is 4.21. The van der Waals surface area contributed by atoms with Crippen LogP contribution in [0.25, 0.3) is 11.2 Å². The summed E-state index contributed by atoms with van der Waals surface area (Å²) >= 11 is 0. The Kier molecular flexibility index (Phi) is 5.05. The Morgan fingerprint density at radius 1 is 1.05 bits per heavy atom. The van der Waals surface area contributed by atoms with Gasteiger partial charge in [0.25, 0.3) is 11.8 Å². The van der Waals surface area contributed by atoms with Crippen LogP contribution in [0.15, 0.2) is 71.8 Å². The minimum absolute atomic E-state index is 0.0375. The number of ether oxygens (including phenoxy) is 1. The van der Waals surface area contributed by atoms with E-state index >= 15 is 0 Å². The van der Waals surface area contributed by atoms with Gasteiger partial charge in [-0.25, -0.2) is 4.98 Å². The third-order valence-electron chi connectivity index (χ3n) is 7.69. The molecule has 2 unspecified atom stereocenters. The molecule has 0 spiro atoms. The van der Waals surface area contributed by atoms with E-state index in [4.69, 9.17) is 4.74 Å². The van der Waals surface area contributed by atoms with Gasteiger partial charge < -0.3 is 14.5 Å². The van der Waals surface area contributed by atoms with Crippen molar-refractivity contribution in [2.24, 2.45) is 4.99 Å². The first-order chi connectivity index (χ1) is 18.5. The van der Waals surface area contributed by atoms with Crippen molar-refractivity contribution in [3.8, 4) is 0 Å². The van der Waals surface area contributed by atoms with E-state index in [9.17, 15) is 14.4 Å². The van der Waals surface area contributed by atoms with Crippen LogP contribution in [0, 0.1) is 0 Å². The van der Waals surface area contributed by atoms with Crippen molar-refractivity contribution >= 4 is 40.3 Å². The number of rotatable bonds is 3. The average Bonchev–Trinajstić information content (AvgIpc) is 3.53. The van der Waals surface area contributed by atoms with Crippen LogP contribution in [0.3, 0.4) is 0 Å². The fourth-order valence-corrected chi connectivity index (χ4v) is 5.92. The number of pyridine rings is 1. The maximum absolute atomic E-state index is 13.7. The van der Waals surface area contributed by atoms with Gasteiger partial charge in [0, 0.05) is 43.2 Å². The molecule has 0 aliphatic carbocycles. The van der Waals surface area contributed by atoms with E-state index in [-0.39, 0.29) is 23.0 Å². The van der Waals surface area contributed by atoms with Gasteiger partial charge in [0.05, 0.1) is 47.6 Å². The molecule has 4 aliphatic heterocycles. The molecule has 10 nitrogen and oxygen atoms in total. The number of fused-ring (bicyclic) bond motifs is 1. The number of carbonyl (C=O) groups excluding carboxylic acids is 3. The maximum atomic E-state index is 13.7. The minimum Gasteiger partial charge on any atom is -0.378 e. The maximum Gasteiger partial charge on any atom is 0.261 e. The van der Waals surface area contributed by atoms with E-state index in [1.165, 1.54) is 0 Å². The van der Waals surface area contributed by atoms with E-state index in [0.717, 1.165) is 11.3 Å². The van der Waals surface area contributed by atoms with E-state index in [1.54, 1.807) is 29.2 Å². The highest BCUT2D eigenvalue weighted by atomic mass is 16.5. The second kappa shape index (κ2) is 8.49. The molecule has 2 aromatic heterocycles. The van der Waals surface area contributed by atoms with Gasteiger partial charge in [-0.2, -0.15) is 0 Å². The molecule has 1 N–H and O–H groups in total. The van der Waals surface area contributed by atoms with Crippen molar-refractivity contribution in [3.05, 3.63) is 83.6 Å². The van der Waals surface area contributed by atoms with Crippen LogP contribution in [0.2, 0.25) is 0 Å². The zero-order valence-electron chi connectivity index (χ0n) is 20.6. The number of para-hydroxylation sites is 1. The van der Waals surface area contributed by atoms with E-state index in [2.05, 4.69) is 15.3 Å². The predicted molar refractivity (Wildman–Crippen MR) is 139 cm³/mol. The third kappa shape index (κ3) is 3.20. The van der Waals surface area contributed by atoms with Gasteiger partial charge in [-0.3, -0.25) is 29.1 Å². The highest BCUT2D eigenvalue weighted by Gasteiger charge is 2.45. The summed E-state index contributed by atoms with van der Waals surface area (Å²) in [5, 5.41) is 2.45. The molecule has 10 heteroatoms. The van der Waals surface area contributed by atoms with Crippen molar-refractivity contribution < 1.29 is 19.1 Å². The minimum atomic E-state index is -0.513. The number of imide groups is 1. The molecular formula is C28H24N6O4. The number of hydrogen-bond acceptors (Lipinski definition) is 7. The van der Waals surface area contributed by atoms with Gasteiger partial charge in [-0.05, 0) is 17.7 Å². The first kappa shape index (κ1) is 22.6. The van der Waals surface area contributed by atoms with Crippen LogP contribution >= 0.6 is 0 Å². The Morgan fingerprint density at radius 3 is 2.71 bits per heavy atom. The van der Waals surface area contributed by atoms with Crippen molar-refractivity contribution in [1.82, 2.24) is 19.6 Å². The van der Waals surface area contributed by atoms with E-state index in [0.29, 0.717) is 48.9 Å². The number of aromatic nitrogens is 2. The molecule has 3 amide bonds. The molecule has 0 radical (unpaired) electrons. The van der Waals surface area contributed by atoms with Crippen LogP contribution in [0.1, 0.15) is 29.7 Å². The Labute approximate surface area is 217 Å². The lowest BCUT2D eigenvalue weighted by molar-refractivity contribution is -0.136. The summed E-state index contributed by atoms with van der Waals surface area (Å²) in [7, 11) is 0. The lowest BCUT2D eigenvalue weighted by atomic mass is 9.91. The second-order valence-corrected chi connectivity index (χ2v) is 9.70. The summed E-state index contributed by atoms with van der Waals surface area (Å²) in [4.78, 5) is 53.0. The highest BCUT2D eigenvalue weighted by Crippen LogP contribution is 2.46. The number of anilines is 1. The van der Waals surface area contributed by atoms with Crippen LogP contribution in [0.5, 0.6) is 0 Å². The predicted octanol–water partition coefficient (Wildman–Crippen LogP) is 1.87. The van der Waals surface area contributed by atoms with Crippen molar-refractivity contribution in [3.63, 3.8) is 0 Å². The quantitative estimate of drug-likeness (QED) is 0.541. The van der Waals surface area contributed by atoms with Crippen molar-refractivity contribution in [1.29, 1.82) is 0 Å². The summed E-state index contributed by atoms with van der Waals surface area (Å²) in [6, 6.07) is 10.9. The average molecular weight is 509 g/mol. The lowest BCUT2D eigenvalue weighted by Gasteiger charge is -2.33. The van der Waals surface area contributed by atoms with Gasteiger partial charge in [0.2, 0.25) is 5.91 Å². The first-order valence-electron chi connectivity index (χ1n) is 12.6. The molecular weight excluding hydrogens is 484 g/mol.